The summed E-state index contributed by atoms with van der Waals surface area (Å²) in [6, 6.07) is 8.49. The summed E-state index contributed by atoms with van der Waals surface area (Å²) in [5.74, 6) is -3.57. The minimum absolute atomic E-state index is 0.00910. The molecule has 3 aromatic rings. The molecule has 4 rings (SSSR count). The van der Waals surface area contributed by atoms with Crippen molar-refractivity contribution in [2.24, 2.45) is 0 Å². The lowest BCUT2D eigenvalue weighted by Crippen LogP contribution is -2.36. The Kier molecular flexibility index (Phi) is 7.35. The highest BCUT2D eigenvalue weighted by Gasteiger charge is 2.46. The first-order valence-electron chi connectivity index (χ1n) is 10.1. The van der Waals surface area contributed by atoms with Crippen molar-refractivity contribution in [1.29, 1.82) is 0 Å². The maximum atomic E-state index is 12.3. The largest absolute Gasteiger partial charge is 0.458 e. The summed E-state index contributed by atoms with van der Waals surface area (Å²) in [7, 11) is -5.11. The Morgan fingerprint density at radius 2 is 1.94 bits per heavy atom. The van der Waals surface area contributed by atoms with Gasteiger partial charge in [0.1, 0.15) is 30.4 Å². The number of carbonyl (C=O) groups excluding carboxylic acids is 1. The summed E-state index contributed by atoms with van der Waals surface area (Å²) in [6.45, 7) is -0.889. The van der Waals surface area contributed by atoms with Crippen LogP contribution in [0, 0.1) is 0 Å². The number of nitrogens with two attached hydrogens (primary N) is 1. The molecule has 0 amide bonds. The van der Waals surface area contributed by atoms with E-state index in [9.17, 15) is 29.4 Å². The van der Waals surface area contributed by atoms with E-state index in [0.717, 1.165) is 0 Å². The van der Waals surface area contributed by atoms with E-state index in [-0.39, 0.29) is 28.9 Å². The number of ether oxygens (including phenoxy) is 3. The Morgan fingerprint density at radius 1 is 1.23 bits per heavy atom. The molecule has 1 fully saturated rings. The molecule has 35 heavy (non-hydrogen) atoms. The number of nitrogens with zero attached hydrogens (tertiary/aromatic N) is 4. The molecule has 0 aliphatic carbocycles. The van der Waals surface area contributed by atoms with Crippen LogP contribution in [0.5, 0.6) is 0 Å². The number of esters is 1. The molecule has 2 aromatic heterocycles. The molecule has 6 N–H and O–H groups in total. The summed E-state index contributed by atoms with van der Waals surface area (Å²) in [5.41, 5.74) is 6.67. The van der Waals surface area contributed by atoms with E-state index < -0.39 is 50.6 Å². The van der Waals surface area contributed by atoms with Gasteiger partial charge in [-0.1, -0.05) is 30.3 Å². The molecular formula is C19H21ClN5O9P. The third-order valence-electron chi connectivity index (χ3n) is 5.18. The first-order chi connectivity index (χ1) is 16.6. The van der Waals surface area contributed by atoms with E-state index in [4.69, 9.17) is 31.5 Å². The Bertz CT molecular complexity index is 1260. The number of anilines is 1. The zero-order chi connectivity index (χ0) is 25.3. The molecule has 0 spiro atoms. The van der Waals surface area contributed by atoms with Crippen molar-refractivity contribution < 1.29 is 43.6 Å². The number of aromatic nitrogens is 4. The second-order valence-corrected chi connectivity index (χ2v) is 9.60. The van der Waals surface area contributed by atoms with Crippen LogP contribution in [-0.4, -0.2) is 76.3 Å². The molecule has 1 aliphatic rings. The summed E-state index contributed by atoms with van der Waals surface area (Å²) in [4.78, 5) is 43.4. The van der Waals surface area contributed by atoms with Crippen LogP contribution < -0.4 is 5.73 Å². The van der Waals surface area contributed by atoms with Crippen molar-refractivity contribution in [3.8, 4) is 0 Å². The SMILES string of the molecule is Nc1nc(Cl)nc2c1ncn2[C@@H]1O[C@H](CO[C@H](C(=O)OCc2ccccc2)P(=O)(O)O)[C@@H](O)[C@H]1O. The molecule has 0 bridgehead atoms. The Labute approximate surface area is 202 Å². The topological polar surface area (TPSA) is 212 Å². The van der Waals surface area contributed by atoms with Gasteiger partial charge >= 0.3 is 13.6 Å². The lowest BCUT2D eigenvalue weighted by Gasteiger charge is -2.21. The van der Waals surface area contributed by atoms with Crippen molar-refractivity contribution in [3.05, 3.63) is 47.5 Å². The molecule has 3 heterocycles. The highest BCUT2D eigenvalue weighted by atomic mass is 35.5. The number of hydrogen-bond acceptors (Lipinski definition) is 11. The maximum absolute atomic E-state index is 12.3. The smallest absolute Gasteiger partial charge is 0.365 e. The van der Waals surface area contributed by atoms with Gasteiger partial charge in [-0.05, 0) is 17.2 Å². The number of nitrogen functional groups attached to an aromatic ring is 1. The number of aliphatic hydroxyl groups is 2. The first kappa shape index (κ1) is 25.4. The summed E-state index contributed by atoms with van der Waals surface area (Å²) in [6.07, 6.45) is -4.33. The molecule has 1 aliphatic heterocycles. The van der Waals surface area contributed by atoms with E-state index in [1.54, 1.807) is 30.3 Å². The maximum Gasteiger partial charge on any atom is 0.365 e. The van der Waals surface area contributed by atoms with Gasteiger partial charge in [0, 0.05) is 0 Å². The highest BCUT2D eigenvalue weighted by molar-refractivity contribution is 7.53. The number of hydrogen-bond donors (Lipinski definition) is 5. The molecular weight excluding hydrogens is 509 g/mol. The highest BCUT2D eigenvalue weighted by Crippen LogP contribution is 2.43. The fourth-order valence-corrected chi connectivity index (χ4v) is 4.28. The predicted octanol–water partition coefficient (Wildman–Crippen LogP) is -0.0551. The molecule has 1 aromatic carbocycles. The lowest BCUT2D eigenvalue weighted by atomic mass is 10.1. The third-order valence-corrected chi connectivity index (χ3v) is 6.32. The van der Waals surface area contributed by atoms with Crippen LogP contribution in [-0.2, 0) is 30.2 Å². The first-order valence-corrected chi connectivity index (χ1v) is 12.2. The molecule has 188 valence electrons. The molecule has 0 radical (unpaired) electrons. The minimum atomic E-state index is -5.11. The van der Waals surface area contributed by atoms with Crippen LogP contribution >= 0.6 is 19.2 Å². The van der Waals surface area contributed by atoms with Gasteiger partial charge in [-0.25, -0.2) is 9.78 Å². The van der Waals surface area contributed by atoms with Crippen LogP contribution in [0.4, 0.5) is 5.82 Å². The molecule has 1 saturated heterocycles. The van der Waals surface area contributed by atoms with Crippen LogP contribution in [0.2, 0.25) is 5.28 Å². The van der Waals surface area contributed by atoms with Gasteiger partial charge in [-0.15, -0.1) is 0 Å². The van der Waals surface area contributed by atoms with Crippen molar-refractivity contribution in [1.82, 2.24) is 19.5 Å². The molecule has 0 saturated carbocycles. The summed E-state index contributed by atoms with van der Waals surface area (Å²) < 4.78 is 28.9. The Balaban J connectivity index is 1.45. The van der Waals surface area contributed by atoms with Crippen molar-refractivity contribution >= 4 is 42.1 Å². The van der Waals surface area contributed by atoms with Crippen LogP contribution in [0.25, 0.3) is 11.2 Å². The number of aliphatic hydroxyl groups excluding tert-OH is 2. The number of carbonyl (C=O) groups is 1. The van der Waals surface area contributed by atoms with E-state index in [2.05, 4.69) is 15.0 Å². The normalized spacial score (nSPS) is 23.5. The van der Waals surface area contributed by atoms with Gasteiger partial charge in [0.25, 0.3) is 5.85 Å². The fourth-order valence-electron chi connectivity index (χ4n) is 3.48. The predicted molar refractivity (Wildman–Crippen MR) is 119 cm³/mol. The number of fused-ring (bicyclic) bond motifs is 1. The molecule has 5 atom stereocenters. The summed E-state index contributed by atoms with van der Waals surface area (Å²) >= 11 is 5.84. The van der Waals surface area contributed by atoms with Crippen LogP contribution in [0.15, 0.2) is 36.7 Å². The average Bonchev–Trinajstić information content (AvgIpc) is 3.34. The number of rotatable bonds is 8. The average molecular weight is 530 g/mol. The van der Waals surface area contributed by atoms with Crippen LogP contribution in [0.3, 0.4) is 0 Å². The zero-order valence-electron chi connectivity index (χ0n) is 17.8. The van der Waals surface area contributed by atoms with Gasteiger partial charge in [0.2, 0.25) is 5.28 Å². The number of halogens is 1. The van der Waals surface area contributed by atoms with Crippen molar-refractivity contribution in [2.45, 2.75) is 37.0 Å². The lowest BCUT2D eigenvalue weighted by molar-refractivity contribution is -0.157. The van der Waals surface area contributed by atoms with E-state index >= 15 is 0 Å². The van der Waals surface area contributed by atoms with Crippen LogP contribution in [0.1, 0.15) is 11.8 Å². The van der Waals surface area contributed by atoms with Gasteiger partial charge in [0.15, 0.2) is 17.7 Å². The fraction of sp³-hybridized carbons (Fsp3) is 0.368. The standard InChI is InChI=1S/C19H21ClN5O9P/c20-19-23-14(21)11-15(24-19)25(8-22-11)16-13(27)12(26)10(34-16)7-33-18(35(29,30)31)17(28)32-6-9-4-2-1-3-5-9/h1-5,8,10,12-13,16,18,26-27H,6-7H2,(H2,21,23,24)(H2,29,30,31)/t10-,12-,13-,16-,18+/m1/s1. The van der Waals surface area contributed by atoms with Gasteiger partial charge in [-0.3, -0.25) is 9.13 Å². The van der Waals surface area contributed by atoms with E-state index in [1.165, 1.54) is 10.9 Å². The number of benzene rings is 1. The van der Waals surface area contributed by atoms with E-state index in [0.29, 0.717) is 5.56 Å². The molecule has 14 nitrogen and oxygen atoms in total. The molecule has 0 unspecified atom stereocenters. The van der Waals surface area contributed by atoms with E-state index in [1.807, 2.05) is 0 Å². The molecule has 16 heteroatoms. The summed E-state index contributed by atoms with van der Waals surface area (Å²) in [5, 5.41) is 20.8. The quantitative estimate of drug-likeness (QED) is 0.147. The minimum Gasteiger partial charge on any atom is -0.458 e. The Morgan fingerprint density at radius 3 is 2.63 bits per heavy atom. The second kappa shape index (κ2) is 10.1. The second-order valence-electron chi connectivity index (χ2n) is 7.62. The third kappa shape index (κ3) is 5.44. The zero-order valence-corrected chi connectivity index (χ0v) is 19.4. The Hall–Kier alpha value is -2.68. The van der Waals surface area contributed by atoms with Gasteiger partial charge < -0.3 is 39.9 Å². The monoisotopic (exact) mass is 529 g/mol. The van der Waals surface area contributed by atoms with Gasteiger partial charge in [-0.2, -0.15) is 9.97 Å². The van der Waals surface area contributed by atoms with Crippen molar-refractivity contribution in [3.63, 3.8) is 0 Å². The number of imidazole rings is 1. The van der Waals surface area contributed by atoms with Gasteiger partial charge in [0.05, 0.1) is 12.9 Å². The van der Waals surface area contributed by atoms with Crippen molar-refractivity contribution in [2.75, 3.05) is 12.3 Å².